The van der Waals surface area contributed by atoms with Crippen LogP contribution < -0.4 is 10.6 Å². The summed E-state index contributed by atoms with van der Waals surface area (Å²) in [7, 11) is 1.55. The van der Waals surface area contributed by atoms with Crippen molar-refractivity contribution in [2.45, 2.75) is 6.92 Å². The van der Waals surface area contributed by atoms with Gasteiger partial charge in [-0.1, -0.05) is 0 Å². The first-order chi connectivity index (χ1) is 9.99. The number of carbonyl (C=O) groups is 1. The molecule has 1 aromatic carbocycles. The van der Waals surface area contributed by atoms with E-state index in [2.05, 4.69) is 0 Å². The van der Waals surface area contributed by atoms with Gasteiger partial charge in [-0.25, -0.2) is 0 Å². The fraction of sp³-hybridized carbons (Fsp3) is 0.462. The summed E-state index contributed by atoms with van der Waals surface area (Å²) in [5.74, 6) is -0.384. The van der Waals surface area contributed by atoms with Gasteiger partial charge in [0.1, 0.15) is 12.2 Å². The minimum Gasteiger partial charge on any atom is -0.465 e. The summed E-state index contributed by atoms with van der Waals surface area (Å²) >= 11 is 0. The van der Waals surface area contributed by atoms with E-state index in [1.165, 1.54) is 12.1 Å². The van der Waals surface area contributed by atoms with Gasteiger partial charge in [-0.05, 0) is 19.1 Å². The lowest BCUT2D eigenvalue weighted by molar-refractivity contribution is -0.383. The standard InChI is InChI=1S/C13H19N3O5/c1-3-21-13(17)9-15(6-7-20-2)10-4-5-12(16(18)19)11(14)8-10/h4-5,8H,3,6-7,9,14H2,1-2H3. The van der Waals surface area contributed by atoms with Crippen molar-refractivity contribution in [1.29, 1.82) is 0 Å². The molecule has 0 aliphatic rings. The van der Waals surface area contributed by atoms with Gasteiger partial charge in [0.05, 0.1) is 18.1 Å². The maximum absolute atomic E-state index is 11.6. The van der Waals surface area contributed by atoms with Gasteiger partial charge in [-0.2, -0.15) is 0 Å². The highest BCUT2D eigenvalue weighted by Crippen LogP contribution is 2.26. The fourth-order valence-electron chi connectivity index (χ4n) is 1.77. The van der Waals surface area contributed by atoms with E-state index in [1.807, 2.05) is 0 Å². The molecule has 0 fully saturated rings. The summed E-state index contributed by atoms with van der Waals surface area (Å²) in [6.45, 7) is 2.87. The highest BCUT2D eigenvalue weighted by Gasteiger charge is 2.16. The van der Waals surface area contributed by atoms with Crippen molar-refractivity contribution >= 4 is 23.0 Å². The van der Waals surface area contributed by atoms with Crippen molar-refractivity contribution < 1.29 is 19.2 Å². The molecule has 0 bridgehead atoms. The number of benzene rings is 1. The van der Waals surface area contributed by atoms with E-state index in [-0.39, 0.29) is 23.9 Å². The van der Waals surface area contributed by atoms with E-state index in [1.54, 1.807) is 25.0 Å². The maximum Gasteiger partial charge on any atom is 0.325 e. The van der Waals surface area contributed by atoms with Crippen molar-refractivity contribution in [1.82, 2.24) is 0 Å². The molecule has 8 nitrogen and oxygen atoms in total. The molecule has 0 saturated heterocycles. The summed E-state index contributed by atoms with van der Waals surface area (Å²) in [4.78, 5) is 23.5. The Hall–Kier alpha value is -2.35. The predicted molar refractivity (Wildman–Crippen MR) is 78.2 cm³/mol. The molecule has 0 radical (unpaired) electrons. The van der Waals surface area contributed by atoms with Gasteiger partial charge in [0, 0.05) is 25.4 Å². The second-order valence-electron chi connectivity index (χ2n) is 4.22. The second kappa shape index (κ2) is 8.05. The monoisotopic (exact) mass is 297 g/mol. The van der Waals surface area contributed by atoms with E-state index in [4.69, 9.17) is 15.2 Å². The Morgan fingerprint density at radius 1 is 1.48 bits per heavy atom. The Labute approximate surface area is 122 Å². The first kappa shape index (κ1) is 16.7. The zero-order chi connectivity index (χ0) is 15.8. The molecule has 8 heteroatoms. The van der Waals surface area contributed by atoms with Crippen molar-refractivity contribution in [2.24, 2.45) is 0 Å². The fourth-order valence-corrected chi connectivity index (χ4v) is 1.77. The number of carbonyl (C=O) groups excluding carboxylic acids is 1. The third kappa shape index (κ3) is 4.92. The van der Waals surface area contributed by atoms with Gasteiger partial charge in [0.2, 0.25) is 0 Å². The topological polar surface area (TPSA) is 108 Å². The highest BCUT2D eigenvalue weighted by molar-refractivity contribution is 5.77. The summed E-state index contributed by atoms with van der Waals surface area (Å²) < 4.78 is 9.90. The number of anilines is 2. The lowest BCUT2D eigenvalue weighted by atomic mass is 10.2. The van der Waals surface area contributed by atoms with E-state index < -0.39 is 4.92 Å². The number of hydrogen-bond acceptors (Lipinski definition) is 7. The molecular formula is C13H19N3O5. The molecule has 1 aromatic rings. The van der Waals surface area contributed by atoms with Gasteiger partial charge >= 0.3 is 5.97 Å². The Kier molecular flexibility index (Phi) is 6.41. The maximum atomic E-state index is 11.6. The van der Waals surface area contributed by atoms with Crippen LogP contribution in [0.15, 0.2) is 18.2 Å². The number of nitrogens with zero attached hydrogens (tertiary/aromatic N) is 2. The van der Waals surface area contributed by atoms with Crippen LogP contribution in [-0.4, -0.2) is 44.3 Å². The number of rotatable bonds is 8. The van der Waals surface area contributed by atoms with Gasteiger partial charge < -0.3 is 20.1 Å². The second-order valence-corrected chi connectivity index (χ2v) is 4.22. The quantitative estimate of drug-likeness (QED) is 0.332. The van der Waals surface area contributed by atoms with Crippen molar-refractivity contribution in [3.05, 3.63) is 28.3 Å². The van der Waals surface area contributed by atoms with E-state index >= 15 is 0 Å². The Morgan fingerprint density at radius 3 is 2.71 bits per heavy atom. The van der Waals surface area contributed by atoms with Gasteiger partial charge in [0.15, 0.2) is 0 Å². The van der Waals surface area contributed by atoms with E-state index in [0.29, 0.717) is 25.4 Å². The number of nitro benzene ring substituents is 1. The molecule has 0 unspecified atom stereocenters. The Bertz CT molecular complexity index is 507. The molecule has 0 spiro atoms. The molecule has 0 aliphatic heterocycles. The molecule has 0 amide bonds. The van der Waals surface area contributed by atoms with Crippen LogP contribution >= 0.6 is 0 Å². The highest BCUT2D eigenvalue weighted by atomic mass is 16.6. The number of hydrogen-bond donors (Lipinski definition) is 1. The summed E-state index contributed by atoms with van der Waals surface area (Å²) in [6, 6.07) is 4.33. The van der Waals surface area contributed by atoms with Crippen LogP contribution in [0.4, 0.5) is 17.1 Å². The van der Waals surface area contributed by atoms with Crippen LogP contribution in [-0.2, 0) is 14.3 Å². The van der Waals surface area contributed by atoms with Crippen LogP contribution in [0, 0.1) is 10.1 Å². The van der Waals surface area contributed by atoms with E-state index in [0.717, 1.165) is 0 Å². The lowest BCUT2D eigenvalue weighted by Crippen LogP contribution is -2.33. The normalized spacial score (nSPS) is 10.2. The van der Waals surface area contributed by atoms with Crippen molar-refractivity contribution in [3.63, 3.8) is 0 Å². The van der Waals surface area contributed by atoms with Crippen LogP contribution in [0.25, 0.3) is 0 Å². The molecule has 0 aromatic heterocycles. The zero-order valence-corrected chi connectivity index (χ0v) is 12.1. The summed E-state index contributed by atoms with van der Waals surface area (Å²) in [5.41, 5.74) is 6.14. The van der Waals surface area contributed by atoms with Crippen LogP contribution in [0.5, 0.6) is 0 Å². The van der Waals surface area contributed by atoms with Gasteiger partial charge in [0.25, 0.3) is 5.69 Å². The molecule has 0 atom stereocenters. The third-order valence-electron chi connectivity index (χ3n) is 2.76. The minimum absolute atomic E-state index is 0.0223. The number of methoxy groups -OCH3 is 1. The van der Waals surface area contributed by atoms with Gasteiger partial charge in [-0.15, -0.1) is 0 Å². The SMILES string of the molecule is CCOC(=O)CN(CCOC)c1ccc([N+](=O)[O-])c(N)c1. The number of nitro groups is 1. The Balaban J connectivity index is 2.94. The third-order valence-corrected chi connectivity index (χ3v) is 2.76. The van der Waals surface area contributed by atoms with Gasteiger partial charge in [-0.3, -0.25) is 14.9 Å². The summed E-state index contributed by atoms with van der Waals surface area (Å²) in [6.07, 6.45) is 0. The van der Waals surface area contributed by atoms with Crippen LogP contribution in [0.2, 0.25) is 0 Å². The number of ether oxygens (including phenoxy) is 2. The molecule has 0 saturated carbocycles. The molecule has 21 heavy (non-hydrogen) atoms. The number of esters is 1. The average molecular weight is 297 g/mol. The van der Waals surface area contributed by atoms with Crippen molar-refractivity contribution in [3.8, 4) is 0 Å². The first-order valence-electron chi connectivity index (χ1n) is 6.43. The number of nitrogen functional groups attached to an aromatic ring is 1. The number of nitrogens with two attached hydrogens (primary N) is 1. The van der Waals surface area contributed by atoms with Crippen LogP contribution in [0.3, 0.4) is 0 Å². The molecule has 0 aliphatic carbocycles. The molecular weight excluding hydrogens is 278 g/mol. The van der Waals surface area contributed by atoms with Crippen LogP contribution in [0.1, 0.15) is 6.92 Å². The smallest absolute Gasteiger partial charge is 0.325 e. The summed E-state index contributed by atoms with van der Waals surface area (Å²) in [5, 5.41) is 10.8. The first-order valence-corrected chi connectivity index (χ1v) is 6.43. The van der Waals surface area contributed by atoms with E-state index in [9.17, 15) is 14.9 Å². The van der Waals surface area contributed by atoms with Crippen molar-refractivity contribution in [2.75, 3.05) is 44.0 Å². The average Bonchev–Trinajstić information content (AvgIpc) is 2.43. The predicted octanol–water partition coefficient (Wildman–Crippen LogP) is 1.19. The zero-order valence-electron chi connectivity index (χ0n) is 12.1. The molecule has 1 rings (SSSR count). The largest absolute Gasteiger partial charge is 0.465 e. The minimum atomic E-state index is -0.552. The lowest BCUT2D eigenvalue weighted by Gasteiger charge is -2.23. The molecule has 2 N–H and O–H groups in total. The molecule has 116 valence electrons. The molecule has 0 heterocycles. The Morgan fingerprint density at radius 2 is 2.19 bits per heavy atom.